The topological polar surface area (TPSA) is 75.3 Å². The molecule has 0 radical (unpaired) electrons. The number of aromatic nitrogens is 2. The maximum absolute atomic E-state index is 12.4. The summed E-state index contributed by atoms with van der Waals surface area (Å²) in [6, 6.07) is 2.01. The first-order valence-corrected chi connectivity index (χ1v) is 9.73. The molecule has 1 N–H and O–H groups in total. The van der Waals surface area contributed by atoms with Gasteiger partial charge in [-0.1, -0.05) is 0 Å². The molecule has 0 bridgehead atoms. The quantitative estimate of drug-likeness (QED) is 0.793. The molecule has 1 saturated heterocycles. The van der Waals surface area contributed by atoms with Crippen molar-refractivity contribution in [2.45, 2.75) is 44.1 Å². The second-order valence-electron chi connectivity index (χ2n) is 7.06. The fourth-order valence-corrected chi connectivity index (χ4v) is 5.16. The van der Waals surface area contributed by atoms with E-state index in [1.165, 1.54) is 11.3 Å². The van der Waals surface area contributed by atoms with Crippen LogP contribution in [0.5, 0.6) is 0 Å². The van der Waals surface area contributed by atoms with Crippen LogP contribution in [0.3, 0.4) is 0 Å². The van der Waals surface area contributed by atoms with Gasteiger partial charge in [0.15, 0.2) is 0 Å². The molecule has 0 amide bonds. The fourth-order valence-electron chi connectivity index (χ4n) is 4.30. The lowest BCUT2D eigenvalue weighted by molar-refractivity contribution is -0.0211. The Balaban J connectivity index is 1.41. The van der Waals surface area contributed by atoms with Crippen molar-refractivity contribution < 1.29 is 9.53 Å². The highest BCUT2D eigenvalue weighted by molar-refractivity contribution is 7.12. The van der Waals surface area contributed by atoms with Crippen LogP contribution in [-0.2, 0) is 23.2 Å². The van der Waals surface area contributed by atoms with Crippen molar-refractivity contribution in [3.63, 3.8) is 0 Å². The Bertz CT molecular complexity index is 909. The van der Waals surface area contributed by atoms with Crippen molar-refractivity contribution in [3.8, 4) is 0 Å². The molecular weight excluding hydrogens is 338 g/mol. The van der Waals surface area contributed by atoms with Gasteiger partial charge in [-0.05, 0) is 37.1 Å². The van der Waals surface area contributed by atoms with Crippen molar-refractivity contribution in [2.75, 3.05) is 18.0 Å². The highest BCUT2D eigenvalue weighted by Crippen LogP contribution is 2.46. The highest BCUT2D eigenvalue weighted by atomic mass is 32.1. The summed E-state index contributed by atoms with van der Waals surface area (Å²) in [7, 11) is 0. The second kappa shape index (κ2) is 5.42. The largest absolute Gasteiger partial charge is 0.450 e. The lowest BCUT2D eigenvalue weighted by Crippen LogP contribution is -2.44. The molecule has 2 aromatic heterocycles. The van der Waals surface area contributed by atoms with Crippen LogP contribution < -0.4 is 10.5 Å². The Kier molecular flexibility index (Phi) is 3.28. The van der Waals surface area contributed by atoms with Gasteiger partial charge in [-0.15, -0.1) is 11.3 Å². The number of hydrogen-bond acceptors (Lipinski definition) is 6. The number of piperidine rings is 1. The Hall–Kier alpha value is -2.15. The molecule has 4 heterocycles. The van der Waals surface area contributed by atoms with Crippen LogP contribution in [0.15, 0.2) is 16.2 Å². The van der Waals surface area contributed by atoms with Gasteiger partial charge >= 0.3 is 5.97 Å². The molecule has 130 valence electrons. The molecule has 2 aliphatic heterocycles. The summed E-state index contributed by atoms with van der Waals surface area (Å²) >= 11 is 1.45. The van der Waals surface area contributed by atoms with E-state index in [0.717, 1.165) is 60.2 Å². The summed E-state index contributed by atoms with van der Waals surface area (Å²) in [5.41, 5.74) is 2.37. The summed E-state index contributed by atoms with van der Waals surface area (Å²) in [6.07, 6.45) is 5.34. The number of nitrogens with one attached hydrogen (secondary N) is 1. The smallest absolute Gasteiger partial charge is 0.349 e. The van der Waals surface area contributed by atoms with E-state index < -0.39 is 5.60 Å². The van der Waals surface area contributed by atoms with Crippen molar-refractivity contribution in [1.29, 1.82) is 0 Å². The lowest BCUT2D eigenvalue weighted by atomic mass is 9.86. The zero-order valence-electron chi connectivity index (χ0n) is 13.8. The van der Waals surface area contributed by atoms with E-state index in [9.17, 15) is 9.59 Å². The average molecular weight is 357 g/mol. The molecule has 1 aliphatic carbocycles. The number of rotatable bonds is 1. The fraction of sp³-hybridized carbons (Fsp3) is 0.500. The number of aromatic amines is 1. The van der Waals surface area contributed by atoms with Crippen LogP contribution in [-0.4, -0.2) is 29.0 Å². The molecule has 0 saturated carbocycles. The third kappa shape index (κ3) is 2.25. The summed E-state index contributed by atoms with van der Waals surface area (Å²) in [5, 5.41) is 1.96. The zero-order chi connectivity index (χ0) is 17.0. The summed E-state index contributed by atoms with van der Waals surface area (Å²) in [5.74, 6) is 0.467. The third-order valence-electron chi connectivity index (χ3n) is 5.68. The number of nitrogens with zero attached hydrogens (tertiary/aromatic N) is 2. The second-order valence-corrected chi connectivity index (χ2v) is 7.97. The van der Waals surface area contributed by atoms with E-state index in [1.54, 1.807) is 0 Å². The van der Waals surface area contributed by atoms with Crippen LogP contribution in [0.25, 0.3) is 0 Å². The molecule has 3 aliphatic rings. The van der Waals surface area contributed by atoms with Crippen molar-refractivity contribution >= 4 is 23.3 Å². The number of aryl methyl sites for hydroxylation is 1. The molecule has 7 heteroatoms. The SMILES string of the molecule is O=C1OC2(CCN(c3nc4c(c(=O)[nH]3)CCCC4)CC2)c2ccsc21. The molecule has 0 unspecified atom stereocenters. The minimum atomic E-state index is -0.489. The average Bonchev–Trinajstić information content (AvgIpc) is 3.21. The molecule has 6 nitrogen and oxygen atoms in total. The Morgan fingerprint density at radius 2 is 2.00 bits per heavy atom. The number of hydrogen-bond donors (Lipinski definition) is 1. The van der Waals surface area contributed by atoms with Crippen LogP contribution in [0.1, 0.15) is 52.2 Å². The van der Waals surface area contributed by atoms with Gasteiger partial charge in [0.05, 0.1) is 5.69 Å². The standard InChI is InChI=1S/C18H19N3O3S/c22-15-11-3-1-2-4-13(11)19-17(20-15)21-8-6-18(7-9-21)12-5-10-25-14(12)16(23)24-18/h5,10H,1-4,6-9H2,(H,19,20,22). The first-order chi connectivity index (χ1) is 12.2. The minimum Gasteiger partial charge on any atom is -0.450 e. The molecule has 0 aromatic carbocycles. The van der Waals surface area contributed by atoms with Crippen molar-refractivity contribution in [2.24, 2.45) is 0 Å². The first-order valence-electron chi connectivity index (χ1n) is 8.85. The van der Waals surface area contributed by atoms with Gasteiger partial charge in [0.25, 0.3) is 5.56 Å². The Labute approximate surface area is 148 Å². The van der Waals surface area contributed by atoms with Gasteiger partial charge < -0.3 is 9.64 Å². The normalized spacial score (nSPS) is 21.1. The molecular formula is C18H19N3O3S. The van der Waals surface area contributed by atoms with E-state index >= 15 is 0 Å². The van der Waals surface area contributed by atoms with Crippen LogP contribution in [0, 0.1) is 0 Å². The maximum Gasteiger partial charge on any atom is 0.349 e. The molecule has 5 rings (SSSR count). The lowest BCUT2D eigenvalue weighted by Gasteiger charge is -2.38. The minimum absolute atomic E-state index is 0.00685. The third-order valence-corrected chi connectivity index (χ3v) is 6.57. The summed E-state index contributed by atoms with van der Waals surface area (Å²) in [4.78, 5) is 35.0. The van der Waals surface area contributed by atoms with Gasteiger partial charge in [-0.25, -0.2) is 9.78 Å². The number of thiophene rings is 1. The van der Waals surface area contributed by atoms with E-state index in [-0.39, 0.29) is 11.5 Å². The van der Waals surface area contributed by atoms with E-state index in [1.807, 2.05) is 11.4 Å². The molecule has 25 heavy (non-hydrogen) atoms. The predicted molar refractivity (Wildman–Crippen MR) is 94.4 cm³/mol. The van der Waals surface area contributed by atoms with Gasteiger partial charge in [-0.3, -0.25) is 9.78 Å². The maximum atomic E-state index is 12.4. The van der Waals surface area contributed by atoms with Crippen molar-refractivity contribution in [1.82, 2.24) is 9.97 Å². The monoisotopic (exact) mass is 357 g/mol. The number of fused-ring (bicyclic) bond motifs is 3. The summed E-state index contributed by atoms with van der Waals surface area (Å²) < 4.78 is 5.75. The number of ether oxygens (including phenoxy) is 1. The van der Waals surface area contributed by atoms with Gasteiger partial charge in [0, 0.05) is 37.1 Å². The Morgan fingerprint density at radius 1 is 1.20 bits per heavy atom. The molecule has 2 aromatic rings. The predicted octanol–water partition coefficient (Wildman–Crippen LogP) is 2.38. The van der Waals surface area contributed by atoms with Crippen molar-refractivity contribution in [3.05, 3.63) is 43.5 Å². The number of carbonyl (C=O) groups is 1. The van der Waals surface area contributed by atoms with Gasteiger partial charge in [0.2, 0.25) is 5.95 Å². The molecule has 1 spiro atoms. The van der Waals surface area contributed by atoms with Crippen LogP contribution in [0.2, 0.25) is 0 Å². The number of H-pyrrole nitrogens is 1. The van der Waals surface area contributed by atoms with Gasteiger partial charge in [0.1, 0.15) is 10.5 Å². The van der Waals surface area contributed by atoms with E-state index in [0.29, 0.717) is 19.0 Å². The van der Waals surface area contributed by atoms with E-state index in [4.69, 9.17) is 9.72 Å². The number of esters is 1. The zero-order valence-corrected chi connectivity index (χ0v) is 14.7. The van der Waals surface area contributed by atoms with Crippen LogP contribution >= 0.6 is 11.3 Å². The molecule has 1 fully saturated rings. The van der Waals surface area contributed by atoms with Gasteiger partial charge in [-0.2, -0.15) is 0 Å². The Morgan fingerprint density at radius 3 is 2.84 bits per heavy atom. The number of carbonyl (C=O) groups excluding carboxylic acids is 1. The number of anilines is 1. The van der Waals surface area contributed by atoms with E-state index in [2.05, 4.69) is 9.88 Å². The first kappa shape index (κ1) is 15.1. The summed E-state index contributed by atoms with van der Waals surface area (Å²) in [6.45, 7) is 1.43. The highest BCUT2D eigenvalue weighted by Gasteiger charge is 2.48. The van der Waals surface area contributed by atoms with Crippen LogP contribution in [0.4, 0.5) is 5.95 Å². The molecule has 0 atom stereocenters.